The third kappa shape index (κ3) is 4.51. The standard InChI is InChI=1S/C16H28N2O/c1-11-9-12(2)15(14(10-11)19-6)13(18-5)7-8-16(3,4)17/h9-10,13,18H,7-8,17H2,1-6H3. The Morgan fingerprint density at radius 1 is 1.32 bits per heavy atom. The number of ether oxygens (including phenoxy) is 1. The number of rotatable bonds is 6. The summed E-state index contributed by atoms with van der Waals surface area (Å²) < 4.78 is 5.55. The molecule has 0 saturated heterocycles. The van der Waals surface area contributed by atoms with Crippen LogP contribution in [-0.2, 0) is 0 Å². The Balaban J connectivity index is 3.04. The third-order valence-electron chi connectivity index (χ3n) is 3.49. The second-order valence-corrected chi connectivity index (χ2v) is 6.07. The minimum absolute atomic E-state index is 0.138. The largest absolute Gasteiger partial charge is 0.496 e. The van der Waals surface area contributed by atoms with Gasteiger partial charge in [0.1, 0.15) is 5.75 Å². The smallest absolute Gasteiger partial charge is 0.124 e. The molecule has 0 spiro atoms. The molecule has 0 aliphatic heterocycles. The molecule has 0 heterocycles. The molecule has 1 aromatic carbocycles. The van der Waals surface area contributed by atoms with E-state index in [2.05, 4.69) is 45.1 Å². The molecule has 0 bridgehead atoms. The summed E-state index contributed by atoms with van der Waals surface area (Å²) in [6.45, 7) is 8.37. The molecule has 3 nitrogen and oxygen atoms in total. The quantitative estimate of drug-likeness (QED) is 0.830. The van der Waals surface area contributed by atoms with Crippen molar-refractivity contribution in [1.82, 2.24) is 5.32 Å². The summed E-state index contributed by atoms with van der Waals surface area (Å²) in [6, 6.07) is 4.58. The molecule has 0 aliphatic rings. The van der Waals surface area contributed by atoms with Crippen molar-refractivity contribution in [2.24, 2.45) is 5.73 Å². The second kappa shape index (κ2) is 6.40. The summed E-state index contributed by atoms with van der Waals surface area (Å²) in [5.41, 5.74) is 9.70. The number of hydrogen-bond donors (Lipinski definition) is 2. The first kappa shape index (κ1) is 16.0. The molecule has 3 heteroatoms. The van der Waals surface area contributed by atoms with E-state index in [9.17, 15) is 0 Å². The molecular weight excluding hydrogens is 236 g/mol. The van der Waals surface area contributed by atoms with Gasteiger partial charge in [0.05, 0.1) is 7.11 Å². The van der Waals surface area contributed by atoms with Crippen LogP contribution in [0, 0.1) is 13.8 Å². The number of hydrogen-bond acceptors (Lipinski definition) is 3. The van der Waals surface area contributed by atoms with E-state index in [0.717, 1.165) is 18.6 Å². The predicted molar refractivity (Wildman–Crippen MR) is 81.8 cm³/mol. The first-order valence-corrected chi connectivity index (χ1v) is 6.89. The number of nitrogens with two attached hydrogens (primary N) is 1. The van der Waals surface area contributed by atoms with Gasteiger partial charge in [-0.05, 0) is 64.8 Å². The summed E-state index contributed by atoms with van der Waals surface area (Å²) in [5, 5.41) is 3.39. The van der Waals surface area contributed by atoms with Gasteiger partial charge >= 0.3 is 0 Å². The Morgan fingerprint density at radius 3 is 2.42 bits per heavy atom. The molecule has 1 unspecified atom stereocenters. The van der Waals surface area contributed by atoms with Crippen molar-refractivity contribution in [2.45, 2.75) is 52.1 Å². The van der Waals surface area contributed by atoms with E-state index in [4.69, 9.17) is 10.5 Å². The van der Waals surface area contributed by atoms with Crippen LogP contribution < -0.4 is 15.8 Å². The van der Waals surface area contributed by atoms with E-state index in [-0.39, 0.29) is 11.6 Å². The van der Waals surface area contributed by atoms with Crippen LogP contribution in [0.15, 0.2) is 12.1 Å². The van der Waals surface area contributed by atoms with Crippen molar-refractivity contribution in [3.63, 3.8) is 0 Å². The Kier molecular flexibility index (Phi) is 5.39. The monoisotopic (exact) mass is 264 g/mol. The Labute approximate surface area is 117 Å². The van der Waals surface area contributed by atoms with Gasteiger partial charge in [-0.25, -0.2) is 0 Å². The number of aryl methyl sites for hydroxylation is 2. The Hall–Kier alpha value is -1.06. The fourth-order valence-electron chi connectivity index (χ4n) is 2.50. The number of benzene rings is 1. The average molecular weight is 264 g/mol. The minimum Gasteiger partial charge on any atom is -0.496 e. The van der Waals surface area contributed by atoms with Crippen LogP contribution in [0.2, 0.25) is 0 Å². The summed E-state index contributed by atoms with van der Waals surface area (Å²) in [6.07, 6.45) is 1.97. The first-order chi connectivity index (χ1) is 8.78. The van der Waals surface area contributed by atoms with Crippen molar-refractivity contribution in [1.29, 1.82) is 0 Å². The lowest BCUT2D eigenvalue weighted by Crippen LogP contribution is -2.33. The van der Waals surface area contributed by atoms with Gasteiger partial charge in [-0.3, -0.25) is 0 Å². The normalized spacial score (nSPS) is 13.4. The molecule has 0 aromatic heterocycles. The minimum atomic E-state index is -0.138. The summed E-state index contributed by atoms with van der Waals surface area (Å²) >= 11 is 0. The highest BCUT2D eigenvalue weighted by Crippen LogP contribution is 2.33. The maximum atomic E-state index is 6.09. The Morgan fingerprint density at radius 2 is 1.95 bits per heavy atom. The maximum Gasteiger partial charge on any atom is 0.124 e. The topological polar surface area (TPSA) is 47.3 Å². The molecule has 0 saturated carbocycles. The van der Waals surface area contributed by atoms with E-state index >= 15 is 0 Å². The number of methoxy groups -OCH3 is 1. The average Bonchev–Trinajstić information content (AvgIpc) is 2.29. The zero-order valence-electron chi connectivity index (χ0n) is 13.1. The molecule has 0 aliphatic carbocycles. The van der Waals surface area contributed by atoms with Crippen LogP contribution in [0.1, 0.15) is 49.4 Å². The highest BCUT2D eigenvalue weighted by Gasteiger charge is 2.20. The zero-order valence-corrected chi connectivity index (χ0v) is 13.1. The summed E-state index contributed by atoms with van der Waals surface area (Å²) in [5.74, 6) is 0.965. The molecule has 0 amide bonds. The van der Waals surface area contributed by atoms with E-state index in [0.29, 0.717) is 0 Å². The van der Waals surface area contributed by atoms with Crippen LogP contribution in [0.5, 0.6) is 5.75 Å². The van der Waals surface area contributed by atoms with Gasteiger partial charge in [0.2, 0.25) is 0 Å². The molecule has 0 radical (unpaired) electrons. The zero-order chi connectivity index (χ0) is 14.6. The molecule has 19 heavy (non-hydrogen) atoms. The lowest BCUT2D eigenvalue weighted by molar-refractivity contribution is 0.380. The Bertz CT molecular complexity index is 421. The van der Waals surface area contributed by atoms with E-state index in [1.165, 1.54) is 16.7 Å². The van der Waals surface area contributed by atoms with Gasteiger partial charge in [0.15, 0.2) is 0 Å². The molecule has 108 valence electrons. The van der Waals surface area contributed by atoms with Crippen LogP contribution in [-0.4, -0.2) is 19.7 Å². The van der Waals surface area contributed by atoms with Crippen LogP contribution in [0.4, 0.5) is 0 Å². The van der Waals surface area contributed by atoms with Gasteiger partial charge < -0.3 is 15.8 Å². The molecule has 3 N–H and O–H groups in total. The maximum absolute atomic E-state index is 6.09. The molecule has 1 atom stereocenters. The van der Waals surface area contributed by atoms with Gasteiger partial charge in [0, 0.05) is 17.1 Å². The predicted octanol–water partition coefficient (Wildman–Crippen LogP) is 3.09. The van der Waals surface area contributed by atoms with Gasteiger partial charge in [-0.15, -0.1) is 0 Å². The van der Waals surface area contributed by atoms with Crippen LogP contribution in [0.25, 0.3) is 0 Å². The van der Waals surface area contributed by atoms with Crippen molar-refractivity contribution in [2.75, 3.05) is 14.2 Å². The highest BCUT2D eigenvalue weighted by molar-refractivity contribution is 5.45. The first-order valence-electron chi connectivity index (χ1n) is 6.89. The molecular formula is C16H28N2O. The van der Waals surface area contributed by atoms with Crippen molar-refractivity contribution < 1.29 is 4.74 Å². The molecule has 1 rings (SSSR count). The molecule has 0 fully saturated rings. The van der Waals surface area contributed by atoms with Gasteiger partial charge in [0.25, 0.3) is 0 Å². The van der Waals surface area contributed by atoms with Crippen LogP contribution in [0.3, 0.4) is 0 Å². The fourth-order valence-corrected chi connectivity index (χ4v) is 2.50. The SMILES string of the molecule is CNC(CCC(C)(C)N)c1c(C)cc(C)cc1OC. The van der Waals surface area contributed by atoms with Gasteiger partial charge in [-0.2, -0.15) is 0 Å². The second-order valence-electron chi connectivity index (χ2n) is 6.07. The lowest BCUT2D eigenvalue weighted by atomic mass is 9.90. The fraction of sp³-hybridized carbons (Fsp3) is 0.625. The molecule has 1 aromatic rings. The van der Waals surface area contributed by atoms with Gasteiger partial charge in [-0.1, -0.05) is 6.07 Å². The van der Waals surface area contributed by atoms with Crippen molar-refractivity contribution in [3.05, 3.63) is 28.8 Å². The summed E-state index contributed by atoms with van der Waals surface area (Å²) in [4.78, 5) is 0. The van der Waals surface area contributed by atoms with E-state index in [1.807, 2.05) is 7.05 Å². The van der Waals surface area contributed by atoms with Crippen molar-refractivity contribution >= 4 is 0 Å². The third-order valence-corrected chi connectivity index (χ3v) is 3.49. The van der Waals surface area contributed by atoms with E-state index in [1.54, 1.807) is 7.11 Å². The van der Waals surface area contributed by atoms with Crippen LogP contribution >= 0.6 is 0 Å². The highest BCUT2D eigenvalue weighted by atomic mass is 16.5. The summed E-state index contributed by atoms with van der Waals surface area (Å²) in [7, 11) is 3.73. The van der Waals surface area contributed by atoms with E-state index < -0.39 is 0 Å². The number of nitrogens with one attached hydrogen (secondary N) is 1. The van der Waals surface area contributed by atoms with Crippen molar-refractivity contribution in [3.8, 4) is 5.75 Å². The lowest BCUT2D eigenvalue weighted by Gasteiger charge is -2.26.